The van der Waals surface area contributed by atoms with E-state index in [0.29, 0.717) is 0 Å². The maximum atomic E-state index is 9.66. The van der Waals surface area contributed by atoms with Crippen molar-refractivity contribution in [1.29, 1.82) is 0 Å². The fourth-order valence-electron chi connectivity index (χ4n) is 1.49. The van der Waals surface area contributed by atoms with Crippen LogP contribution in [-0.2, 0) is 0 Å². The Bertz CT molecular complexity index is 466. The van der Waals surface area contributed by atoms with Crippen molar-refractivity contribution in [3.8, 4) is 5.75 Å². The first-order valence-electron chi connectivity index (χ1n) is 4.51. The van der Waals surface area contributed by atoms with Crippen LogP contribution in [-0.4, -0.2) is 10.1 Å². The van der Waals surface area contributed by atoms with Crippen molar-refractivity contribution < 1.29 is 5.11 Å². The molecule has 72 valence electrons. The predicted molar refractivity (Wildman–Crippen MR) is 56.0 cm³/mol. The van der Waals surface area contributed by atoms with Gasteiger partial charge in [0.05, 0.1) is 5.52 Å². The number of nitrogens with two attached hydrogens (primary N) is 1. The topological polar surface area (TPSA) is 59.1 Å². The van der Waals surface area contributed by atoms with Gasteiger partial charge in [-0.1, -0.05) is 6.07 Å². The molecule has 1 aromatic carbocycles. The molecule has 1 heterocycles. The van der Waals surface area contributed by atoms with Crippen LogP contribution in [0.2, 0.25) is 0 Å². The lowest BCUT2D eigenvalue weighted by Gasteiger charge is -2.09. The van der Waals surface area contributed by atoms with Gasteiger partial charge in [0.25, 0.3) is 0 Å². The molecule has 0 aliphatic carbocycles. The number of benzene rings is 1. The molecular formula is C11H12N2O. The van der Waals surface area contributed by atoms with Crippen molar-refractivity contribution in [2.45, 2.75) is 13.0 Å². The molecule has 2 aromatic rings. The Morgan fingerprint density at radius 1 is 1.43 bits per heavy atom. The Labute approximate surface area is 82.2 Å². The van der Waals surface area contributed by atoms with E-state index in [1.54, 1.807) is 12.3 Å². The Balaban J connectivity index is 2.71. The number of hydrogen-bond acceptors (Lipinski definition) is 3. The van der Waals surface area contributed by atoms with Crippen molar-refractivity contribution in [3.05, 3.63) is 36.0 Å². The van der Waals surface area contributed by atoms with Gasteiger partial charge >= 0.3 is 0 Å². The van der Waals surface area contributed by atoms with E-state index in [1.165, 1.54) is 0 Å². The molecule has 0 spiro atoms. The van der Waals surface area contributed by atoms with Crippen LogP contribution < -0.4 is 5.73 Å². The smallest absolute Gasteiger partial charge is 0.122 e. The van der Waals surface area contributed by atoms with Gasteiger partial charge in [-0.3, -0.25) is 4.98 Å². The molecule has 2 rings (SSSR count). The van der Waals surface area contributed by atoms with E-state index < -0.39 is 0 Å². The molecule has 14 heavy (non-hydrogen) atoms. The number of aromatic nitrogens is 1. The zero-order valence-corrected chi connectivity index (χ0v) is 7.94. The number of aromatic hydroxyl groups is 1. The van der Waals surface area contributed by atoms with Crippen LogP contribution in [0.5, 0.6) is 5.75 Å². The summed E-state index contributed by atoms with van der Waals surface area (Å²) >= 11 is 0. The maximum absolute atomic E-state index is 9.66. The van der Waals surface area contributed by atoms with Gasteiger partial charge in [-0.15, -0.1) is 0 Å². The summed E-state index contributed by atoms with van der Waals surface area (Å²) in [6, 6.07) is 7.17. The number of pyridine rings is 1. The summed E-state index contributed by atoms with van der Waals surface area (Å²) < 4.78 is 0. The van der Waals surface area contributed by atoms with Gasteiger partial charge in [-0.25, -0.2) is 0 Å². The monoisotopic (exact) mass is 188 g/mol. The molecule has 1 aromatic heterocycles. The number of nitrogens with zero attached hydrogens (tertiary/aromatic N) is 1. The Morgan fingerprint density at radius 2 is 2.21 bits per heavy atom. The minimum absolute atomic E-state index is 0.167. The summed E-state index contributed by atoms with van der Waals surface area (Å²) in [5, 5.41) is 10.7. The van der Waals surface area contributed by atoms with Crippen LogP contribution in [0.1, 0.15) is 18.5 Å². The third-order valence-corrected chi connectivity index (χ3v) is 2.24. The van der Waals surface area contributed by atoms with Gasteiger partial charge in [0, 0.05) is 29.3 Å². The van der Waals surface area contributed by atoms with E-state index in [2.05, 4.69) is 4.98 Å². The van der Waals surface area contributed by atoms with Gasteiger partial charge < -0.3 is 10.8 Å². The second kappa shape index (κ2) is 3.27. The molecule has 0 aliphatic heterocycles. The first kappa shape index (κ1) is 8.97. The molecule has 3 heteroatoms. The third-order valence-electron chi connectivity index (χ3n) is 2.24. The standard InChI is InChI=1S/C11H12N2O/c1-7(12)9-5-8-3-2-4-13-10(8)6-11(9)14/h2-7,14H,12H2,1H3/t7-/m1/s1. The first-order valence-corrected chi connectivity index (χ1v) is 4.51. The lowest BCUT2D eigenvalue weighted by Crippen LogP contribution is -2.05. The molecule has 3 N–H and O–H groups in total. The molecule has 0 bridgehead atoms. The highest BCUT2D eigenvalue weighted by atomic mass is 16.3. The van der Waals surface area contributed by atoms with E-state index in [1.807, 2.05) is 25.1 Å². The lowest BCUT2D eigenvalue weighted by atomic mass is 10.0. The van der Waals surface area contributed by atoms with E-state index in [9.17, 15) is 5.11 Å². The van der Waals surface area contributed by atoms with Gasteiger partial charge in [0.15, 0.2) is 0 Å². The quantitative estimate of drug-likeness (QED) is 0.719. The third kappa shape index (κ3) is 1.42. The number of phenolic OH excluding ortho intramolecular Hbond substituents is 1. The average Bonchev–Trinajstić information content (AvgIpc) is 2.16. The van der Waals surface area contributed by atoms with Crippen LogP contribution in [0.3, 0.4) is 0 Å². The minimum atomic E-state index is -0.167. The fraction of sp³-hybridized carbons (Fsp3) is 0.182. The van der Waals surface area contributed by atoms with Crippen molar-refractivity contribution in [1.82, 2.24) is 4.98 Å². The largest absolute Gasteiger partial charge is 0.508 e. The Morgan fingerprint density at radius 3 is 2.93 bits per heavy atom. The molecule has 0 amide bonds. The van der Waals surface area contributed by atoms with E-state index in [-0.39, 0.29) is 11.8 Å². The Hall–Kier alpha value is -1.61. The molecule has 0 saturated carbocycles. The van der Waals surface area contributed by atoms with E-state index in [4.69, 9.17) is 5.73 Å². The number of hydrogen-bond donors (Lipinski definition) is 2. The van der Waals surface area contributed by atoms with Gasteiger partial charge in [0.2, 0.25) is 0 Å². The molecule has 3 nitrogen and oxygen atoms in total. The van der Waals surface area contributed by atoms with Gasteiger partial charge in [0.1, 0.15) is 5.75 Å². The van der Waals surface area contributed by atoms with Crippen molar-refractivity contribution in [3.63, 3.8) is 0 Å². The predicted octanol–water partition coefficient (Wildman–Crippen LogP) is 1.96. The summed E-state index contributed by atoms with van der Waals surface area (Å²) in [6.07, 6.45) is 1.70. The van der Waals surface area contributed by atoms with Crippen LogP contribution in [0.25, 0.3) is 10.9 Å². The first-order chi connectivity index (χ1) is 6.68. The number of phenols is 1. The zero-order chi connectivity index (χ0) is 10.1. The minimum Gasteiger partial charge on any atom is -0.508 e. The molecule has 0 unspecified atom stereocenters. The molecular weight excluding hydrogens is 176 g/mol. The van der Waals surface area contributed by atoms with Crippen LogP contribution >= 0.6 is 0 Å². The van der Waals surface area contributed by atoms with Gasteiger partial charge in [-0.05, 0) is 19.1 Å². The highest BCUT2D eigenvalue weighted by Crippen LogP contribution is 2.27. The second-order valence-corrected chi connectivity index (χ2v) is 3.40. The highest BCUT2D eigenvalue weighted by Gasteiger charge is 2.07. The summed E-state index contributed by atoms with van der Waals surface area (Å²) in [7, 11) is 0. The van der Waals surface area contributed by atoms with E-state index in [0.717, 1.165) is 16.5 Å². The average molecular weight is 188 g/mol. The SMILES string of the molecule is C[C@@H](N)c1cc2cccnc2cc1O. The normalized spacial score (nSPS) is 13.0. The highest BCUT2D eigenvalue weighted by molar-refractivity contribution is 5.81. The maximum Gasteiger partial charge on any atom is 0.122 e. The molecule has 0 radical (unpaired) electrons. The second-order valence-electron chi connectivity index (χ2n) is 3.40. The van der Waals surface area contributed by atoms with Crippen molar-refractivity contribution >= 4 is 10.9 Å². The summed E-state index contributed by atoms with van der Waals surface area (Å²) in [5.41, 5.74) is 7.27. The van der Waals surface area contributed by atoms with E-state index >= 15 is 0 Å². The van der Waals surface area contributed by atoms with Gasteiger partial charge in [-0.2, -0.15) is 0 Å². The number of rotatable bonds is 1. The summed E-state index contributed by atoms with van der Waals surface area (Å²) in [6.45, 7) is 1.84. The van der Waals surface area contributed by atoms with Crippen molar-refractivity contribution in [2.75, 3.05) is 0 Å². The molecule has 0 fully saturated rings. The zero-order valence-electron chi connectivity index (χ0n) is 7.94. The van der Waals surface area contributed by atoms with Crippen LogP contribution in [0.15, 0.2) is 30.5 Å². The summed E-state index contributed by atoms with van der Waals surface area (Å²) in [4.78, 5) is 4.14. The molecule has 0 saturated heterocycles. The lowest BCUT2D eigenvalue weighted by molar-refractivity contribution is 0.464. The Kier molecular flexibility index (Phi) is 2.09. The molecule has 1 atom stereocenters. The van der Waals surface area contributed by atoms with Crippen molar-refractivity contribution in [2.24, 2.45) is 5.73 Å². The number of fused-ring (bicyclic) bond motifs is 1. The molecule has 0 aliphatic rings. The fourth-order valence-corrected chi connectivity index (χ4v) is 1.49. The van der Waals surface area contributed by atoms with Crippen LogP contribution in [0, 0.1) is 0 Å². The summed E-state index contributed by atoms with van der Waals surface area (Å²) in [5.74, 6) is 0.214. The van der Waals surface area contributed by atoms with Crippen LogP contribution in [0.4, 0.5) is 0 Å².